The number of carbonyl (C=O) groups excluding carboxylic acids is 1. The van der Waals surface area contributed by atoms with Crippen LogP contribution in [0.5, 0.6) is 0 Å². The van der Waals surface area contributed by atoms with Crippen LogP contribution in [0.3, 0.4) is 0 Å². The number of piperazine rings is 1. The van der Waals surface area contributed by atoms with Crippen molar-refractivity contribution in [2.75, 3.05) is 31.1 Å². The van der Waals surface area contributed by atoms with Crippen LogP contribution >= 0.6 is 11.5 Å². The number of amides is 1. The van der Waals surface area contributed by atoms with Gasteiger partial charge in [-0.15, -0.1) is 0 Å². The van der Waals surface area contributed by atoms with Gasteiger partial charge in [-0.2, -0.15) is 4.37 Å². The van der Waals surface area contributed by atoms with E-state index in [1.807, 2.05) is 35.2 Å². The summed E-state index contributed by atoms with van der Waals surface area (Å²) in [5.41, 5.74) is 1.62. The molecule has 4 rings (SSSR count). The number of anilines is 1. The summed E-state index contributed by atoms with van der Waals surface area (Å²) < 4.78 is 4.49. The van der Waals surface area contributed by atoms with Crippen LogP contribution in [0.25, 0.3) is 10.9 Å². The molecule has 6 nitrogen and oxygen atoms in total. The summed E-state index contributed by atoms with van der Waals surface area (Å²) in [6.45, 7) is 9.31. The van der Waals surface area contributed by atoms with Crippen LogP contribution in [0.1, 0.15) is 37.1 Å². The topological polar surface area (TPSA) is 65.1 Å². The summed E-state index contributed by atoms with van der Waals surface area (Å²) in [4.78, 5) is 24.8. The number of benzene rings is 1. The number of nitrogens with one attached hydrogen (secondary N) is 1. The third-order valence-electron chi connectivity index (χ3n) is 4.68. The smallest absolute Gasteiger partial charge is 0.270 e. The highest BCUT2D eigenvalue weighted by Gasteiger charge is 2.26. The summed E-state index contributed by atoms with van der Waals surface area (Å²) in [5.74, 6) is 0.947. The quantitative estimate of drug-likeness (QED) is 0.753. The molecule has 136 valence electrons. The number of aromatic amines is 1. The molecule has 1 aromatic carbocycles. The van der Waals surface area contributed by atoms with Crippen LogP contribution in [0.2, 0.25) is 0 Å². The fourth-order valence-electron chi connectivity index (χ4n) is 3.11. The largest absolute Gasteiger partial charge is 0.351 e. The van der Waals surface area contributed by atoms with E-state index in [4.69, 9.17) is 0 Å². The molecule has 0 unspecified atom stereocenters. The van der Waals surface area contributed by atoms with E-state index in [1.54, 1.807) is 0 Å². The number of para-hydroxylation sites is 1. The molecule has 0 aliphatic carbocycles. The highest BCUT2D eigenvalue weighted by Crippen LogP contribution is 2.26. The van der Waals surface area contributed by atoms with Gasteiger partial charge in [-0.05, 0) is 12.1 Å². The Hall–Kier alpha value is -2.41. The van der Waals surface area contributed by atoms with Crippen LogP contribution in [0.15, 0.2) is 30.3 Å². The Morgan fingerprint density at radius 3 is 2.54 bits per heavy atom. The van der Waals surface area contributed by atoms with Crippen molar-refractivity contribution in [1.29, 1.82) is 0 Å². The van der Waals surface area contributed by atoms with Gasteiger partial charge in [-0.25, -0.2) is 4.98 Å². The van der Waals surface area contributed by atoms with Crippen molar-refractivity contribution < 1.29 is 4.79 Å². The molecular formula is C19H23N5OS. The second-order valence-corrected chi connectivity index (χ2v) is 8.43. The molecule has 26 heavy (non-hydrogen) atoms. The molecular weight excluding hydrogens is 346 g/mol. The fraction of sp³-hybridized carbons (Fsp3) is 0.421. The lowest BCUT2D eigenvalue weighted by Crippen LogP contribution is -2.48. The Labute approximate surface area is 157 Å². The van der Waals surface area contributed by atoms with E-state index in [0.29, 0.717) is 18.8 Å². The van der Waals surface area contributed by atoms with Crippen molar-refractivity contribution in [3.63, 3.8) is 0 Å². The normalized spacial score (nSPS) is 15.7. The molecule has 0 saturated carbocycles. The molecule has 1 N–H and O–H groups in total. The molecule has 7 heteroatoms. The summed E-state index contributed by atoms with van der Waals surface area (Å²) >= 11 is 1.45. The highest BCUT2D eigenvalue weighted by molar-refractivity contribution is 7.09. The van der Waals surface area contributed by atoms with Gasteiger partial charge >= 0.3 is 0 Å². The minimum Gasteiger partial charge on any atom is -0.351 e. The standard InChI is InChI=1S/C19H23N5OS/c1-19(2,3)17-21-18(26-22-17)24-10-8-23(9-11-24)16(25)15-12-13-6-4-5-7-14(13)20-15/h4-7,12,20H,8-11H2,1-3H3. The first kappa shape index (κ1) is 17.0. The molecule has 1 fully saturated rings. The highest BCUT2D eigenvalue weighted by atomic mass is 32.1. The van der Waals surface area contributed by atoms with E-state index >= 15 is 0 Å². The van der Waals surface area contributed by atoms with Crippen molar-refractivity contribution in [2.24, 2.45) is 0 Å². The average Bonchev–Trinajstić information content (AvgIpc) is 3.28. The Morgan fingerprint density at radius 1 is 1.15 bits per heavy atom. The van der Waals surface area contributed by atoms with Gasteiger partial charge in [0.25, 0.3) is 5.91 Å². The monoisotopic (exact) mass is 369 g/mol. The molecule has 2 aromatic heterocycles. The van der Waals surface area contributed by atoms with Crippen LogP contribution < -0.4 is 4.90 Å². The van der Waals surface area contributed by atoms with Crippen molar-refractivity contribution in [3.8, 4) is 0 Å². The number of rotatable bonds is 2. The first-order valence-corrected chi connectivity index (χ1v) is 9.65. The Morgan fingerprint density at radius 2 is 1.88 bits per heavy atom. The molecule has 0 radical (unpaired) electrons. The third-order valence-corrected chi connectivity index (χ3v) is 5.46. The van der Waals surface area contributed by atoms with Gasteiger partial charge in [-0.1, -0.05) is 39.0 Å². The van der Waals surface area contributed by atoms with Crippen LogP contribution in [0, 0.1) is 0 Å². The summed E-state index contributed by atoms with van der Waals surface area (Å²) in [7, 11) is 0. The van der Waals surface area contributed by atoms with Crippen LogP contribution in [-0.4, -0.2) is 51.3 Å². The van der Waals surface area contributed by atoms with E-state index in [1.165, 1.54) is 11.5 Å². The number of H-pyrrole nitrogens is 1. The van der Waals surface area contributed by atoms with Crippen LogP contribution in [0.4, 0.5) is 5.13 Å². The van der Waals surface area contributed by atoms with E-state index in [0.717, 1.165) is 34.9 Å². The summed E-state index contributed by atoms with van der Waals surface area (Å²) in [5, 5.41) is 2.02. The van der Waals surface area contributed by atoms with Crippen LogP contribution in [-0.2, 0) is 5.41 Å². The number of carbonyl (C=O) groups is 1. The van der Waals surface area contributed by atoms with E-state index < -0.39 is 0 Å². The zero-order valence-electron chi connectivity index (χ0n) is 15.3. The van der Waals surface area contributed by atoms with Gasteiger partial charge in [-0.3, -0.25) is 4.79 Å². The van der Waals surface area contributed by atoms with Gasteiger partial charge in [0.2, 0.25) is 5.13 Å². The van der Waals surface area contributed by atoms with Gasteiger partial charge in [0.15, 0.2) is 0 Å². The van der Waals surface area contributed by atoms with Gasteiger partial charge in [0.1, 0.15) is 11.5 Å². The van der Waals surface area contributed by atoms with Gasteiger partial charge in [0, 0.05) is 54.0 Å². The lowest BCUT2D eigenvalue weighted by molar-refractivity contribution is 0.0742. The molecule has 1 amide bonds. The van der Waals surface area contributed by atoms with Gasteiger partial charge < -0.3 is 14.8 Å². The third kappa shape index (κ3) is 3.19. The maximum Gasteiger partial charge on any atom is 0.270 e. The second kappa shape index (κ2) is 6.39. The van der Waals surface area contributed by atoms with E-state index in [9.17, 15) is 4.79 Å². The SMILES string of the molecule is CC(C)(C)c1nsc(N2CCN(C(=O)c3cc4ccccc4[nH]3)CC2)n1. The predicted molar refractivity (Wildman–Crippen MR) is 105 cm³/mol. The summed E-state index contributed by atoms with van der Waals surface area (Å²) in [6.07, 6.45) is 0. The number of hydrogen-bond donors (Lipinski definition) is 1. The number of aromatic nitrogens is 3. The summed E-state index contributed by atoms with van der Waals surface area (Å²) in [6, 6.07) is 9.90. The zero-order chi connectivity index (χ0) is 18.3. The van der Waals surface area contributed by atoms with Crippen molar-refractivity contribution in [1.82, 2.24) is 19.2 Å². The number of nitrogens with zero attached hydrogens (tertiary/aromatic N) is 4. The molecule has 0 spiro atoms. The number of fused-ring (bicyclic) bond motifs is 1. The fourth-order valence-corrected chi connectivity index (χ4v) is 4.02. The predicted octanol–water partition coefficient (Wildman–Crippen LogP) is 3.28. The van der Waals surface area contributed by atoms with Crippen molar-refractivity contribution in [3.05, 3.63) is 41.9 Å². The lowest BCUT2D eigenvalue weighted by Gasteiger charge is -2.34. The van der Waals surface area contributed by atoms with Crippen molar-refractivity contribution >= 4 is 33.5 Å². The lowest BCUT2D eigenvalue weighted by atomic mass is 9.96. The second-order valence-electron chi connectivity index (χ2n) is 7.70. The molecule has 3 aromatic rings. The average molecular weight is 369 g/mol. The Kier molecular flexibility index (Phi) is 4.19. The minimum atomic E-state index is -0.0395. The Bertz CT molecular complexity index is 898. The molecule has 1 aliphatic heterocycles. The first-order chi connectivity index (χ1) is 12.4. The van der Waals surface area contributed by atoms with Crippen molar-refractivity contribution in [2.45, 2.75) is 26.2 Å². The molecule has 1 aliphatic rings. The molecule has 0 bridgehead atoms. The number of hydrogen-bond acceptors (Lipinski definition) is 5. The minimum absolute atomic E-state index is 0.0395. The maximum absolute atomic E-state index is 12.8. The molecule has 1 saturated heterocycles. The van der Waals surface area contributed by atoms with E-state index in [2.05, 4.69) is 40.0 Å². The van der Waals surface area contributed by atoms with E-state index in [-0.39, 0.29) is 11.3 Å². The first-order valence-electron chi connectivity index (χ1n) is 8.88. The Balaban J connectivity index is 1.43. The maximum atomic E-state index is 12.8. The zero-order valence-corrected chi connectivity index (χ0v) is 16.1. The van der Waals surface area contributed by atoms with Gasteiger partial charge in [0.05, 0.1) is 0 Å². The molecule has 0 atom stereocenters. The molecule has 3 heterocycles.